The molecule has 0 aliphatic carbocycles. The Balaban J connectivity index is 2.34. The largest absolute Gasteiger partial charge is 0.396 e. The first-order valence-electron chi connectivity index (χ1n) is 5.07. The average Bonchev–Trinajstić information content (AvgIpc) is 2.26. The minimum Gasteiger partial charge on any atom is -0.396 e. The molecule has 14 heavy (non-hydrogen) atoms. The lowest BCUT2D eigenvalue weighted by Gasteiger charge is -2.15. The van der Waals surface area contributed by atoms with Crippen LogP contribution in [0.3, 0.4) is 0 Å². The second-order valence-electron chi connectivity index (χ2n) is 3.75. The number of aliphatic hydroxyl groups is 2. The molecule has 0 radical (unpaired) electrons. The van der Waals surface area contributed by atoms with Crippen LogP contribution in [0, 0.1) is 5.92 Å². The lowest BCUT2D eigenvalue weighted by molar-refractivity contribution is 0.0709. The van der Waals surface area contributed by atoms with Crippen LogP contribution in [-0.4, -0.2) is 22.9 Å². The lowest BCUT2D eigenvalue weighted by atomic mass is 9.99. The highest BCUT2D eigenvalue weighted by molar-refractivity contribution is 5.14. The fourth-order valence-corrected chi connectivity index (χ4v) is 1.37. The van der Waals surface area contributed by atoms with Crippen LogP contribution in [-0.2, 0) is 6.42 Å². The Hall–Kier alpha value is -0.860. The smallest absolute Gasteiger partial charge is 0.0590 e. The molecule has 2 heteroatoms. The van der Waals surface area contributed by atoms with Crippen LogP contribution in [0.5, 0.6) is 0 Å². The molecule has 0 aromatic heterocycles. The molecule has 0 bridgehead atoms. The van der Waals surface area contributed by atoms with Crippen LogP contribution >= 0.6 is 0 Å². The summed E-state index contributed by atoms with van der Waals surface area (Å²) in [4.78, 5) is 0. The number of benzene rings is 1. The summed E-state index contributed by atoms with van der Waals surface area (Å²) >= 11 is 0. The molecule has 0 spiro atoms. The summed E-state index contributed by atoms with van der Waals surface area (Å²) in [5.74, 6) is -0.0290. The molecule has 0 aliphatic rings. The van der Waals surface area contributed by atoms with Crippen molar-refractivity contribution in [2.75, 3.05) is 6.61 Å². The van der Waals surface area contributed by atoms with Crippen molar-refractivity contribution in [3.8, 4) is 0 Å². The zero-order valence-electron chi connectivity index (χ0n) is 8.56. The van der Waals surface area contributed by atoms with Gasteiger partial charge in [-0.1, -0.05) is 37.3 Å². The third kappa shape index (κ3) is 3.48. The standard InChI is InChI=1S/C12H18O2/c1-10(9-13)12(14)8-7-11-5-3-2-4-6-11/h2-6,10,12-14H,7-9H2,1H3/t10-,12-/m1/s1. The van der Waals surface area contributed by atoms with Gasteiger partial charge in [0.1, 0.15) is 0 Å². The van der Waals surface area contributed by atoms with Gasteiger partial charge < -0.3 is 10.2 Å². The van der Waals surface area contributed by atoms with Gasteiger partial charge in [0.15, 0.2) is 0 Å². The molecule has 0 unspecified atom stereocenters. The molecule has 0 fully saturated rings. The van der Waals surface area contributed by atoms with Gasteiger partial charge in [-0.3, -0.25) is 0 Å². The minimum atomic E-state index is -0.403. The highest BCUT2D eigenvalue weighted by atomic mass is 16.3. The second kappa shape index (κ2) is 5.78. The van der Waals surface area contributed by atoms with Gasteiger partial charge in [-0.05, 0) is 18.4 Å². The van der Waals surface area contributed by atoms with Crippen molar-refractivity contribution >= 4 is 0 Å². The fourth-order valence-electron chi connectivity index (χ4n) is 1.37. The average molecular weight is 194 g/mol. The Morgan fingerprint density at radius 2 is 1.86 bits per heavy atom. The van der Waals surface area contributed by atoms with E-state index in [2.05, 4.69) is 12.1 Å². The third-order valence-electron chi connectivity index (χ3n) is 2.52. The monoisotopic (exact) mass is 194 g/mol. The molecule has 0 saturated carbocycles. The lowest BCUT2D eigenvalue weighted by Crippen LogP contribution is -2.21. The Morgan fingerprint density at radius 3 is 2.43 bits per heavy atom. The molecule has 0 saturated heterocycles. The third-order valence-corrected chi connectivity index (χ3v) is 2.52. The van der Waals surface area contributed by atoms with Crippen LogP contribution in [0.15, 0.2) is 30.3 Å². The topological polar surface area (TPSA) is 40.5 Å². The quantitative estimate of drug-likeness (QED) is 0.747. The van der Waals surface area contributed by atoms with Crippen LogP contribution in [0.25, 0.3) is 0 Å². The Morgan fingerprint density at radius 1 is 1.21 bits per heavy atom. The summed E-state index contributed by atoms with van der Waals surface area (Å²) in [6.45, 7) is 1.91. The summed E-state index contributed by atoms with van der Waals surface area (Å²) in [5, 5.41) is 18.5. The first-order valence-corrected chi connectivity index (χ1v) is 5.07. The normalized spacial score (nSPS) is 15.1. The number of aryl methyl sites for hydroxylation is 1. The summed E-state index contributed by atoms with van der Waals surface area (Å²) in [7, 11) is 0. The van der Waals surface area contributed by atoms with Gasteiger partial charge in [0.25, 0.3) is 0 Å². The van der Waals surface area contributed by atoms with Gasteiger partial charge in [0, 0.05) is 12.5 Å². The predicted octanol–water partition coefficient (Wildman–Crippen LogP) is 1.61. The van der Waals surface area contributed by atoms with Crippen molar-refractivity contribution in [2.24, 2.45) is 5.92 Å². The Kier molecular flexibility index (Phi) is 4.63. The Bertz CT molecular complexity index is 246. The number of hydrogen-bond donors (Lipinski definition) is 2. The molecule has 0 heterocycles. The van der Waals surface area contributed by atoms with Crippen molar-refractivity contribution in [3.63, 3.8) is 0 Å². The zero-order valence-corrected chi connectivity index (χ0v) is 8.56. The summed E-state index contributed by atoms with van der Waals surface area (Å²) in [6.07, 6.45) is 1.18. The number of rotatable bonds is 5. The van der Waals surface area contributed by atoms with Crippen molar-refractivity contribution < 1.29 is 10.2 Å². The minimum absolute atomic E-state index is 0.0290. The van der Waals surface area contributed by atoms with Crippen molar-refractivity contribution in [1.82, 2.24) is 0 Å². The number of aliphatic hydroxyl groups excluding tert-OH is 2. The second-order valence-corrected chi connectivity index (χ2v) is 3.75. The maximum absolute atomic E-state index is 9.62. The molecular weight excluding hydrogens is 176 g/mol. The summed E-state index contributed by atoms with van der Waals surface area (Å²) < 4.78 is 0. The van der Waals surface area contributed by atoms with Crippen LogP contribution in [0.2, 0.25) is 0 Å². The van der Waals surface area contributed by atoms with Gasteiger partial charge in [-0.15, -0.1) is 0 Å². The van der Waals surface area contributed by atoms with E-state index in [4.69, 9.17) is 5.11 Å². The van der Waals surface area contributed by atoms with Crippen LogP contribution in [0.1, 0.15) is 18.9 Å². The van der Waals surface area contributed by atoms with E-state index >= 15 is 0 Å². The van der Waals surface area contributed by atoms with E-state index in [9.17, 15) is 5.11 Å². The van der Waals surface area contributed by atoms with Crippen LogP contribution < -0.4 is 0 Å². The highest BCUT2D eigenvalue weighted by Crippen LogP contribution is 2.10. The van der Waals surface area contributed by atoms with Gasteiger partial charge in [0.05, 0.1) is 6.10 Å². The van der Waals surface area contributed by atoms with E-state index < -0.39 is 6.10 Å². The molecule has 1 rings (SSSR count). The maximum atomic E-state index is 9.62. The molecule has 1 aromatic carbocycles. The SMILES string of the molecule is C[C@H](CO)[C@H](O)CCc1ccccc1. The molecule has 1 aromatic rings. The highest BCUT2D eigenvalue weighted by Gasteiger charge is 2.12. The molecule has 78 valence electrons. The number of hydrogen-bond acceptors (Lipinski definition) is 2. The molecule has 2 atom stereocenters. The van der Waals surface area contributed by atoms with Gasteiger partial charge >= 0.3 is 0 Å². The van der Waals surface area contributed by atoms with E-state index in [1.807, 2.05) is 25.1 Å². The molecule has 0 aliphatic heterocycles. The van der Waals surface area contributed by atoms with Gasteiger partial charge in [-0.25, -0.2) is 0 Å². The van der Waals surface area contributed by atoms with E-state index in [1.165, 1.54) is 5.56 Å². The molecule has 2 nitrogen and oxygen atoms in total. The van der Waals surface area contributed by atoms with Crippen molar-refractivity contribution in [2.45, 2.75) is 25.9 Å². The summed E-state index contributed by atoms with van der Waals surface area (Å²) in [5.41, 5.74) is 1.23. The van der Waals surface area contributed by atoms with E-state index in [0.717, 1.165) is 6.42 Å². The molecule has 0 amide bonds. The van der Waals surface area contributed by atoms with Gasteiger partial charge in [0.2, 0.25) is 0 Å². The Labute approximate surface area is 85.2 Å². The fraction of sp³-hybridized carbons (Fsp3) is 0.500. The summed E-state index contributed by atoms with van der Waals surface area (Å²) in [6, 6.07) is 10.1. The first kappa shape index (κ1) is 11.2. The van der Waals surface area contributed by atoms with Crippen LogP contribution in [0.4, 0.5) is 0 Å². The van der Waals surface area contributed by atoms with Crippen molar-refractivity contribution in [1.29, 1.82) is 0 Å². The van der Waals surface area contributed by atoms with E-state index in [1.54, 1.807) is 0 Å². The van der Waals surface area contributed by atoms with E-state index in [0.29, 0.717) is 6.42 Å². The molecule has 2 N–H and O–H groups in total. The van der Waals surface area contributed by atoms with Gasteiger partial charge in [-0.2, -0.15) is 0 Å². The maximum Gasteiger partial charge on any atom is 0.0590 e. The van der Waals surface area contributed by atoms with E-state index in [-0.39, 0.29) is 12.5 Å². The zero-order chi connectivity index (χ0) is 10.4. The predicted molar refractivity (Wildman–Crippen MR) is 57.0 cm³/mol. The first-order chi connectivity index (χ1) is 6.74. The van der Waals surface area contributed by atoms with Crippen molar-refractivity contribution in [3.05, 3.63) is 35.9 Å². The molecular formula is C12H18O2.